The van der Waals surface area contributed by atoms with Crippen LogP contribution in [0.25, 0.3) is 0 Å². The van der Waals surface area contributed by atoms with Crippen LogP contribution in [-0.4, -0.2) is 0 Å². The van der Waals surface area contributed by atoms with Crippen molar-refractivity contribution in [2.45, 2.75) is 23.0 Å². The number of benzene rings is 2. The van der Waals surface area contributed by atoms with Gasteiger partial charge in [-0.3, -0.25) is 0 Å². The topological polar surface area (TPSA) is 47.6 Å². The molecule has 4 bridgehead atoms. The predicted octanol–water partition coefficient (Wildman–Crippen LogP) is 6.14. The summed E-state index contributed by atoms with van der Waals surface area (Å²) in [5, 5.41) is 18.9. The average molecular weight is 480 g/mol. The Morgan fingerprint density at radius 1 is 0.667 bits per heavy atom. The molecule has 0 atom stereocenters. The lowest BCUT2D eigenvalue weighted by molar-refractivity contribution is 1.24. The average Bonchev–Trinajstić information content (AvgIpc) is 2.58. The molecule has 120 valence electrons. The third kappa shape index (κ3) is 3.83. The van der Waals surface area contributed by atoms with Gasteiger partial charge in [-0.15, -0.1) is 0 Å². The van der Waals surface area contributed by atoms with Crippen molar-refractivity contribution in [3.05, 3.63) is 66.6 Å². The van der Waals surface area contributed by atoms with E-state index >= 15 is 0 Å². The van der Waals surface area contributed by atoms with Gasteiger partial charge in [0.25, 0.3) is 0 Å². The highest BCUT2D eigenvalue weighted by Crippen LogP contribution is 2.34. The fraction of sp³-hybridized carbons (Fsp3) is 0.222. The molecule has 2 aromatic rings. The Labute approximate surface area is 166 Å². The maximum Gasteiger partial charge on any atom is 0.0994 e. The molecule has 2 nitrogen and oxygen atoms in total. The Morgan fingerprint density at radius 3 is 1.42 bits per heavy atom. The third-order valence-electron chi connectivity index (χ3n) is 3.82. The van der Waals surface area contributed by atoms with Crippen LogP contribution in [0.4, 0.5) is 0 Å². The first-order chi connectivity index (χ1) is 11.6. The van der Waals surface area contributed by atoms with Gasteiger partial charge < -0.3 is 0 Å². The first-order valence-electron chi connectivity index (χ1n) is 7.20. The Bertz CT molecular complexity index is 809. The van der Waals surface area contributed by atoms with E-state index in [-0.39, 0.29) is 0 Å². The standard InChI is InChI=1S/C18H12Br2N2S2/c19-17-4-16-10-24-8-14-2-12(6-22)13(1-11(14)5-21)7-23-9-15(17)3-18(16)20/h1-4H,7-10H2. The van der Waals surface area contributed by atoms with Crippen molar-refractivity contribution in [2.75, 3.05) is 0 Å². The highest BCUT2D eigenvalue weighted by molar-refractivity contribution is 9.11. The first-order valence-corrected chi connectivity index (χ1v) is 11.1. The number of rotatable bonds is 0. The zero-order valence-corrected chi connectivity index (χ0v) is 17.4. The van der Waals surface area contributed by atoms with Gasteiger partial charge in [0.1, 0.15) is 0 Å². The van der Waals surface area contributed by atoms with E-state index in [2.05, 4.69) is 56.1 Å². The molecular formula is C18H12Br2N2S2. The van der Waals surface area contributed by atoms with Gasteiger partial charge in [-0.1, -0.05) is 31.9 Å². The highest BCUT2D eigenvalue weighted by Gasteiger charge is 2.13. The van der Waals surface area contributed by atoms with Crippen LogP contribution in [-0.2, 0) is 23.0 Å². The van der Waals surface area contributed by atoms with Crippen molar-refractivity contribution in [1.29, 1.82) is 10.5 Å². The van der Waals surface area contributed by atoms with Crippen molar-refractivity contribution < 1.29 is 0 Å². The van der Waals surface area contributed by atoms with Gasteiger partial charge in [-0.2, -0.15) is 34.0 Å². The number of thioether (sulfide) groups is 2. The van der Waals surface area contributed by atoms with Gasteiger partial charge >= 0.3 is 0 Å². The maximum absolute atomic E-state index is 9.44. The lowest BCUT2D eigenvalue weighted by Crippen LogP contribution is -1.98. The van der Waals surface area contributed by atoms with Crippen LogP contribution in [0.1, 0.15) is 33.4 Å². The normalized spacial score (nSPS) is 14.0. The van der Waals surface area contributed by atoms with E-state index in [1.807, 2.05) is 12.1 Å². The van der Waals surface area contributed by atoms with Gasteiger partial charge in [0.15, 0.2) is 0 Å². The molecule has 0 aromatic heterocycles. The summed E-state index contributed by atoms with van der Waals surface area (Å²) in [4.78, 5) is 0. The zero-order chi connectivity index (χ0) is 17.1. The third-order valence-corrected chi connectivity index (χ3v) is 7.35. The maximum atomic E-state index is 9.44. The summed E-state index contributed by atoms with van der Waals surface area (Å²) in [6, 6.07) is 12.7. The molecule has 4 aliphatic heterocycles. The highest BCUT2D eigenvalue weighted by atomic mass is 79.9. The van der Waals surface area contributed by atoms with E-state index in [4.69, 9.17) is 0 Å². The van der Waals surface area contributed by atoms with Crippen LogP contribution in [0.2, 0.25) is 0 Å². The summed E-state index contributed by atoms with van der Waals surface area (Å²) in [6.07, 6.45) is 0. The van der Waals surface area contributed by atoms with Crippen LogP contribution in [0.3, 0.4) is 0 Å². The van der Waals surface area contributed by atoms with Gasteiger partial charge in [0.05, 0.1) is 23.3 Å². The molecule has 0 radical (unpaired) electrons. The molecule has 0 spiro atoms. The number of nitriles is 2. The molecular weight excluding hydrogens is 468 g/mol. The summed E-state index contributed by atoms with van der Waals surface area (Å²) in [5.41, 5.74) is 5.71. The van der Waals surface area contributed by atoms with E-state index < -0.39 is 0 Å². The van der Waals surface area contributed by atoms with Crippen LogP contribution in [0.15, 0.2) is 33.2 Å². The predicted molar refractivity (Wildman–Crippen MR) is 108 cm³/mol. The molecule has 0 saturated carbocycles. The summed E-state index contributed by atoms with van der Waals surface area (Å²) in [7, 11) is 0. The Hall–Kier alpha value is -0.920. The first kappa shape index (κ1) is 17.9. The molecule has 0 N–H and O–H groups in total. The number of halogens is 2. The smallest absolute Gasteiger partial charge is 0.0994 e. The SMILES string of the molecule is N#Cc1cc2c(C#N)cc1CSCc1cc(Br)c(cc1Br)CSC2. The van der Waals surface area contributed by atoms with Crippen LogP contribution < -0.4 is 0 Å². The molecule has 0 amide bonds. The van der Waals surface area contributed by atoms with E-state index in [0.29, 0.717) is 11.1 Å². The Kier molecular flexibility index (Phi) is 5.94. The Balaban J connectivity index is 2.03. The fourth-order valence-corrected chi connectivity index (χ4v) is 6.00. The van der Waals surface area contributed by atoms with Crippen LogP contribution >= 0.6 is 55.4 Å². The van der Waals surface area contributed by atoms with Crippen molar-refractivity contribution in [1.82, 2.24) is 0 Å². The second-order valence-electron chi connectivity index (χ2n) is 5.41. The Morgan fingerprint density at radius 2 is 1.04 bits per heavy atom. The largest absolute Gasteiger partial charge is 0.192 e. The summed E-state index contributed by atoms with van der Waals surface area (Å²) >= 11 is 10.8. The second kappa shape index (κ2) is 7.97. The lowest BCUT2D eigenvalue weighted by atomic mass is 10.0. The minimum absolute atomic E-state index is 0.684. The van der Waals surface area contributed by atoms with Crippen LogP contribution in [0, 0.1) is 22.7 Å². The van der Waals surface area contributed by atoms with E-state index in [9.17, 15) is 10.5 Å². The van der Waals surface area contributed by atoms with E-state index in [1.165, 1.54) is 11.1 Å². The summed E-state index contributed by atoms with van der Waals surface area (Å²) < 4.78 is 2.25. The molecule has 0 saturated heterocycles. The minimum atomic E-state index is 0.684. The fourth-order valence-electron chi connectivity index (χ4n) is 2.53. The number of hydrogen-bond acceptors (Lipinski definition) is 4. The van der Waals surface area contributed by atoms with E-state index in [0.717, 1.165) is 43.1 Å². The minimum Gasteiger partial charge on any atom is -0.192 e. The molecule has 6 rings (SSSR count). The molecule has 4 aliphatic rings. The monoisotopic (exact) mass is 478 g/mol. The van der Waals surface area contributed by atoms with Crippen LogP contribution in [0.5, 0.6) is 0 Å². The molecule has 6 heteroatoms. The molecule has 0 unspecified atom stereocenters. The van der Waals surface area contributed by atoms with Crippen molar-refractivity contribution in [3.8, 4) is 12.1 Å². The van der Waals surface area contributed by atoms with Gasteiger partial charge in [-0.05, 0) is 46.5 Å². The van der Waals surface area contributed by atoms with Gasteiger partial charge in [-0.25, -0.2) is 0 Å². The van der Waals surface area contributed by atoms with E-state index in [1.54, 1.807) is 23.5 Å². The molecule has 4 heterocycles. The molecule has 0 aliphatic carbocycles. The van der Waals surface area contributed by atoms with Gasteiger partial charge in [0.2, 0.25) is 0 Å². The number of nitrogens with zero attached hydrogens (tertiary/aromatic N) is 2. The molecule has 24 heavy (non-hydrogen) atoms. The van der Waals surface area contributed by atoms with Gasteiger partial charge in [0, 0.05) is 32.0 Å². The quantitative estimate of drug-likeness (QED) is 0.455. The zero-order valence-electron chi connectivity index (χ0n) is 12.6. The molecule has 2 aromatic carbocycles. The van der Waals surface area contributed by atoms with Crippen molar-refractivity contribution in [2.24, 2.45) is 0 Å². The lowest BCUT2D eigenvalue weighted by Gasteiger charge is -2.14. The van der Waals surface area contributed by atoms with Crippen molar-refractivity contribution in [3.63, 3.8) is 0 Å². The summed E-state index contributed by atoms with van der Waals surface area (Å²) in [6.45, 7) is 0. The van der Waals surface area contributed by atoms with Crippen molar-refractivity contribution >= 4 is 55.4 Å². The second-order valence-corrected chi connectivity index (χ2v) is 9.09. The summed E-state index contributed by atoms with van der Waals surface area (Å²) in [5.74, 6) is 3.13. The molecule has 0 fully saturated rings. The number of hydrogen-bond donors (Lipinski definition) is 0.